The van der Waals surface area contributed by atoms with Gasteiger partial charge < -0.3 is 10.2 Å². The van der Waals surface area contributed by atoms with E-state index in [0.29, 0.717) is 6.54 Å². The summed E-state index contributed by atoms with van der Waals surface area (Å²) in [5.74, 6) is 0.958. The number of hydrogen-bond donors (Lipinski definition) is 1. The van der Waals surface area contributed by atoms with E-state index in [1.807, 2.05) is 20.0 Å². The Labute approximate surface area is 116 Å². The Morgan fingerprint density at radius 2 is 2.21 bits per heavy atom. The molecule has 0 saturated carbocycles. The van der Waals surface area contributed by atoms with Gasteiger partial charge in [0, 0.05) is 31.4 Å². The van der Waals surface area contributed by atoms with Gasteiger partial charge in [0.2, 0.25) is 0 Å². The molecule has 19 heavy (non-hydrogen) atoms. The van der Waals surface area contributed by atoms with Gasteiger partial charge in [-0.2, -0.15) is 5.26 Å². The number of aromatic nitrogens is 1. The van der Waals surface area contributed by atoms with Gasteiger partial charge in [0.05, 0.1) is 12.0 Å². The number of nitrogens with one attached hydrogen (secondary N) is 1. The van der Waals surface area contributed by atoms with Crippen LogP contribution in [0.25, 0.3) is 0 Å². The molecule has 1 aromatic rings. The fourth-order valence-corrected chi connectivity index (χ4v) is 2.08. The van der Waals surface area contributed by atoms with E-state index in [4.69, 9.17) is 5.26 Å². The van der Waals surface area contributed by atoms with E-state index >= 15 is 0 Å². The summed E-state index contributed by atoms with van der Waals surface area (Å²) in [6.07, 6.45) is 2.92. The summed E-state index contributed by atoms with van der Waals surface area (Å²) in [6.45, 7) is 7.93. The highest BCUT2D eigenvalue weighted by Gasteiger charge is 2.15. The molecule has 0 saturated heterocycles. The first-order valence-electron chi connectivity index (χ1n) is 6.89. The highest BCUT2D eigenvalue weighted by atomic mass is 15.2. The maximum Gasteiger partial charge on any atom is 0.133 e. The van der Waals surface area contributed by atoms with Crippen LogP contribution in [0.15, 0.2) is 18.3 Å². The zero-order chi connectivity index (χ0) is 14.3. The van der Waals surface area contributed by atoms with Gasteiger partial charge in [-0.05, 0) is 32.9 Å². The van der Waals surface area contributed by atoms with Crippen LogP contribution in [0.2, 0.25) is 0 Å². The summed E-state index contributed by atoms with van der Waals surface area (Å²) < 4.78 is 0. The van der Waals surface area contributed by atoms with Crippen LogP contribution in [0.4, 0.5) is 5.82 Å². The molecule has 0 aromatic carbocycles. The molecule has 0 fully saturated rings. The molecular weight excluding hydrogens is 236 g/mol. The average molecular weight is 260 g/mol. The van der Waals surface area contributed by atoms with Gasteiger partial charge in [-0.25, -0.2) is 4.98 Å². The van der Waals surface area contributed by atoms with Crippen LogP contribution >= 0.6 is 0 Å². The monoisotopic (exact) mass is 260 g/mol. The highest BCUT2D eigenvalue weighted by molar-refractivity contribution is 5.47. The number of rotatable bonds is 7. The summed E-state index contributed by atoms with van der Waals surface area (Å²) >= 11 is 0. The maximum atomic E-state index is 8.92. The van der Waals surface area contributed by atoms with Gasteiger partial charge in [-0.15, -0.1) is 0 Å². The predicted molar refractivity (Wildman–Crippen MR) is 79.0 cm³/mol. The molecule has 1 N–H and O–H groups in total. The summed E-state index contributed by atoms with van der Waals surface area (Å²) in [5.41, 5.74) is 1.18. The Kier molecular flexibility index (Phi) is 6.31. The Bertz CT molecular complexity index is 424. The molecule has 1 heterocycles. The molecule has 0 aliphatic rings. The van der Waals surface area contributed by atoms with Gasteiger partial charge in [0.25, 0.3) is 0 Å². The van der Waals surface area contributed by atoms with E-state index in [-0.39, 0.29) is 12.0 Å². The van der Waals surface area contributed by atoms with E-state index in [2.05, 4.69) is 41.2 Å². The molecule has 2 unspecified atom stereocenters. The van der Waals surface area contributed by atoms with Crippen molar-refractivity contribution in [1.82, 2.24) is 10.3 Å². The molecule has 4 heteroatoms. The third-order valence-electron chi connectivity index (χ3n) is 3.11. The van der Waals surface area contributed by atoms with Crippen LogP contribution in [-0.4, -0.2) is 25.1 Å². The van der Waals surface area contributed by atoms with Crippen LogP contribution in [-0.2, 0) is 0 Å². The lowest BCUT2D eigenvalue weighted by atomic mass is 10.1. The number of anilines is 1. The lowest BCUT2D eigenvalue weighted by molar-refractivity contribution is 0.567. The molecule has 2 atom stereocenters. The number of hydrogen-bond acceptors (Lipinski definition) is 4. The summed E-state index contributed by atoms with van der Waals surface area (Å²) in [6, 6.07) is 6.59. The number of pyridine rings is 1. The molecule has 4 nitrogen and oxygen atoms in total. The predicted octanol–water partition coefficient (Wildman–Crippen LogP) is 2.74. The fourth-order valence-electron chi connectivity index (χ4n) is 2.08. The van der Waals surface area contributed by atoms with Crippen molar-refractivity contribution in [3.05, 3.63) is 23.9 Å². The smallest absolute Gasteiger partial charge is 0.133 e. The Hall–Kier alpha value is -1.60. The SMILES string of the molecule is CCCNC(C)c1cccnc1N(C)CC(C)C#N. The summed E-state index contributed by atoms with van der Waals surface area (Å²) in [4.78, 5) is 6.53. The lowest BCUT2D eigenvalue weighted by Crippen LogP contribution is -2.28. The van der Waals surface area contributed by atoms with Crippen molar-refractivity contribution in [2.24, 2.45) is 5.92 Å². The van der Waals surface area contributed by atoms with E-state index in [1.54, 1.807) is 6.20 Å². The molecule has 1 aromatic heterocycles. The van der Waals surface area contributed by atoms with Gasteiger partial charge in [0.15, 0.2) is 0 Å². The second-order valence-electron chi connectivity index (χ2n) is 5.00. The molecule has 0 radical (unpaired) electrons. The topological polar surface area (TPSA) is 52.0 Å². The lowest BCUT2D eigenvalue weighted by Gasteiger charge is -2.25. The fraction of sp³-hybridized carbons (Fsp3) is 0.600. The first-order chi connectivity index (χ1) is 9.10. The minimum atomic E-state index is -0.00115. The minimum absolute atomic E-state index is 0.00115. The molecule has 0 aliphatic carbocycles. The van der Waals surface area contributed by atoms with Crippen molar-refractivity contribution in [2.75, 3.05) is 25.0 Å². The first-order valence-corrected chi connectivity index (χ1v) is 6.89. The van der Waals surface area contributed by atoms with Crippen molar-refractivity contribution >= 4 is 5.82 Å². The Morgan fingerprint density at radius 1 is 1.47 bits per heavy atom. The molecule has 0 bridgehead atoms. The standard InChI is InChI=1S/C15H24N4/c1-5-8-17-13(3)14-7-6-9-18-15(14)19(4)11-12(2)10-16/h6-7,9,12-13,17H,5,8,11H2,1-4H3. The normalized spacial score (nSPS) is 13.6. The first kappa shape index (κ1) is 15.5. The molecular formula is C15H24N4. The van der Waals surface area contributed by atoms with Crippen LogP contribution < -0.4 is 10.2 Å². The second-order valence-corrected chi connectivity index (χ2v) is 5.00. The van der Waals surface area contributed by atoms with E-state index in [1.165, 1.54) is 5.56 Å². The molecule has 0 amide bonds. The van der Waals surface area contributed by atoms with E-state index in [9.17, 15) is 0 Å². The van der Waals surface area contributed by atoms with Crippen molar-refractivity contribution in [3.63, 3.8) is 0 Å². The number of nitrogens with zero attached hydrogens (tertiary/aromatic N) is 3. The molecule has 104 valence electrons. The maximum absolute atomic E-state index is 8.92. The number of nitriles is 1. The quantitative estimate of drug-likeness (QED) is 0.819. The van der Waals surface area contributed by atoms with E-state index < -0.39 is 0 Å². The van der Waals surface area contributed by atoms with Crippen LogP contribution in [0, 0.1) is 17.2 Å². The zero-order valence-electron chi connectivity index (χ0n) is 12.3. The van der Waals surface area contributed by atoms with Crippen LogP contribution in [0.5, 0.6) is 0 Å². The Balaban J connectivity index is 2.86. The molecule has 0 spiro atoms. The molecule has 0 aliphatic heterocycles. The largest absolute Gasteiger partial charge is 0.358 e. The van der Waals surface area contributed by atoms with Gasteiger partial charge in [0.1, 0.15) is 5.82 Å². The Morgan fingerprint density at radius 3 is 2.84 bits per heavy atom. The van der Waals surface area contributed by atoms with Crippen molar-refractivity contribution in [2.45, 2.75) is 33.2 Å². The molecule has 1 rings (SSSR count). The highest BCUT2D eigenvalue weighted by Crippen LogP contribution is 2.23. The van der Waals surface area contributed by atoms with Crippen molar-refractivity contribution < 1.29 is 0 Å². The summed E-state index contributed by atoms with van der Waals surface area (Å²) in [7, 11) is 1.99. The zero-order valence-corrected chi connectivity index (χ0v) is 12.3. The average Bonchev–Trinajstić information content (AvgIpc) is 2.44. The van der Waals surface area contributed by atoms with Crippen LogP contribution in [0.3, 0.4) is 0 Å². The van der Waals surface area contributed by atoms with E-state index in [0.717, 1.165) is 18.8 Å². The minimum Gasteiger partial charge on any atom is -0.358 e. The van der Waals surface area contributed by atoms with Gasteiger partial charge in [-0.3, -0.25) is 0 Å². The van der Waals surface area contributed by atoms with Crippen molar-refractivity contribution in [1.29, 1.82) is 5.26 Å². The van der Waals surface area contributed by atoms with Gasteiger partial charge in [-0.1, -0.05) is 13.0 Å². The van der Waals surface area contributed by atoms with Crippen molar-refractivity contribution in [3.8, 4) is 6.07 Å². The third-order valence-corrected chi connectivity index (χ3v) is 3.11. The van der Waals surface area contributed by atoms with Gasteiger partial charge >= 0.3 is 0 Å². The second kappa shape index (κ2) is 7.75. The summed E-state index contributed by atoms with van der Waals surface area (Å²) in [5, 5.41) is 12.4. The third kappa shape index (κ3) is 4.53. The van der Waals surface area contributed by atoms with Crippen LogP contribution in [0.1, 0.15) is 38.8 Å².